The summed E-state index contributed by atoms with van der Waals surface area (Å²) in [6.07, 6.45) is 1.64. The predicted octanol–water partition coefficient (Wildman–Crippen LogP) is 1.83. The van der Waals surface area contributed by atoms with Crippen LogP contribution in [0.2, 0.25) is 0 Å². The fourth-order valence-corrected chi connectivity index (χ4v) is 1.40. The van der Waals surface area contributed by atoms with Crippen molar-refractivity contribution in [2.75, 3.05) is 6.26 Å². The second-order valence-electron chi connectivity index (χ2n) is 2.25. The van der Waals surface area contributed by atoms with E-state index in [2.05, 4.69) is 0 Å². The minimum atomic E-state index is -2.00. The van der Waals surface area contributed by atoms with Crippen molar-refractivity contribution in [1.82, 2.24) is 0 Å². The average Bonchev–Trinajstić information content (AvgIpc) is 1.88. The van der Waals surface area contributed by atoms with Crippen molar-refractivity contribution in [3.63, 3.8) is 0 Å². The summed E-state index contributed by atoms with van der Waals surface area (Å²) in [5.41, 5.74) is 0. The predicted molar refractivity (Wildman–Crippen MR) is 45.0 cm³/mol. The Bertz CT molecular complexity index is 205. The first-order valence-electron chi connectivity index (χ1n) is 2.94. The molecule has 1 atom stereocenters. The highest BCUT2D eigenvalue weighted by atomic mass is 32.3. The van der Waals surface area contributed by atoms with E-state index in [0.717, 1.165) is 4.90 Å². The smallest absolute Gasteiger partial charge is 0.0254 e. The fourth-order valence-electron chi connectivity index (χ4n) is 0.696. The van der Waals surface area contributed by atoms with Crippen molar-refractivity contribution >= 4 is 10.5 Å². The molecular weight excluding hydrogens is 146 g/mol. The molecule has 1 rings (SSSR count). The van der Waals surface area contributed by atoms with Gasteiger partial charge in [-0.2, -0.15) is 0 Å². The molecule has 0 amide bonds. The maximum atomic E-state index is 9.35. The van der Waals surface area contributed by atoms with Crippen molar-refractivity contribution in [1.29, 1.82) is 0 Å². The lowest BCUT2D eigenvalue weighted by Gasteiger charge is -2.22. The molecule has 0 aliphatic rings. The van der Waals surface area contributed by atoms with Crippen LogP contribution in [0, 0.1) is 0 Å². The first kappa shape index (κ1) is 7.60. The van der Waals surface area contributed by atoms with E-state index >= 15 is 0 Å². The number of nitrogens with two attached hydrogens (primary N) is 1. The SMILES string of the molecule is CS(N)(O)c1ccccc1. The van der Waals surface area contributed by atoms with Crippen molar-refractivity contribution in [2.24, 2.45) is 5.14 Å². The van der Waals surface area contributed by atoms with Gasteiger partial charge in [0.15, 0.2) is 0 Å². The first-order valence-corrected chi connectivity index (χ1v) is 5.00. The van der Waals surface area contributed by atoms with Crippen LogP contribution in [0.1, 0.15) is 0 Å². The van der Waals surface area contributed by atoms with E-state index in [1.807, 2.05) is 30.3 Å². The lowest BCUT2D eigenvalue weighted by molar-refractivity contribution is 0.632. The van der Waals surface area contributed by atoms with Crippen LogP contribution in [0.4, 0.5) is 0 Å². The van der Waals surface area contributed by atoms with Crippen LogP contribution in [0.5, 0.6) is 0 Å². The molecule has 56 valence electrons. The summed E-state index contributed by atoms with van der Waals surface area (Å²) in [4.78, 5) is 0.815. The Hall–Kier alpha value is -0.510. The monoisotopic (exact) mass is 157 g/mol. The summed E-state index contributed by atoms with van der Waals surface area (Å²) < 4.78 is 9.35. The van der Waals surface area contributed by atoms with E-state index in [9.17, 15) is 4.55 Å². The highest BCUT2D eigenvalue weighted by molar-refractivity contribution is 8.26. The average molecular weight is 157 g/mol. The Morgan fingerprint density at radius 2 is 1.80 bits per heavy atom. The Morgan fingerprint density at radius 3 is 2.10 bits per heavy atom. The number of rotatable bonds is 1. The molecule has 1 unspecified atom stereocenters. The largest absolute Gasteiger partial charge is 0.334 e. The molecule has 2 nitrogen and oxygen atoms in total. The Balaban J connectivity index is 2.97. The molecule has 0 radical (unpaired) electrons. The molecule has 0 heterocycles. The Kier molecular flexibility index (Phi) is 1.99. The normalized spacial score (nSPS) is 19.5. The molecule has 0 aliphatic carbocycles. The molecule has 0 saturated carbocycles. The number of benzene rings is 1. The van der Waals surface area contributed by atoms with Gasteiger partial charge < -0.3 is 4.55 Å². The third kappa shape index (κ3) is 1.73. The Labute approximate surface area is 62.3 Å². The van der Waals surface area contributed by atoms with Crippen molar-refractivity contribution in [3.8, 4) is 0 Å². The molecular formula is C7H11NOS. The standard InChI is InChI=1S/C7H11NOS/c1-10(8,9)7-5-3-2-4-6-7/h2-6,9H,8H2,1H3. The number of hydrogen-bond acceptors (Lipinski definition) is 2. The molecule has 0 aliphatic heterocycles. The van der Waals surface area contributed by atoms with Gasteiger partial charge in [0.1, 0.15) is 0 Å². The maximum Gasteiger partial charge on any atom is 0.0254 e. The van der Waals surface area contributed by atoms with E-state index in [1.54, 1.807) is 6.26 Å². The fraction of sp³-hybridized carbons (Fsp3) is 0.143. The van der Waals surface area contributed by atoms with Crippen LogP contribution in [-0.4, -0.2) is 10.8 Å². The number of hydrogen-bond donors (Lipinski definition) is 2. The Morgan fingerprint density at radius 1 is 1.30 bits per heavy atom. The third-order valence-corrected chi connectivity index (χ3v) is 2.45. The van der Waals surface area contributed by atoms with Crippen LogP contribution in [0.15, 0.2) is 35.2 Å². The molecule has 0 saturated heterocycles. The lowest BCUT2D eigenvalue weighted by Crippen LogP contribution is -2.06. The summed E-state index contributed by atoms with van der Waals surface area (Å²) in [5, 5.41) is 5.50. The molecule has 3 heteroatoms. The van der Waals surface area contributed by atoms with Gasteiger partial charge in [-0.1, -0.05) is 28.7 Å². The van der Waals surface area contributed by atoms with Gasteiger partial charge in [0.05, 0.1) is 0 Å². The highest BCUT2D eigenvalue weighted by Crippen LogP contribution is 2.39. The van der Waals surface area contributed by atoms with Gasteiger partial charge in [0, 0.05) is 11.2 Å². The van der Waals surface area contributed by atoms with Crippen molar-refractivity contribution in [3.05, 3.63) is 30.3 Å². The maximum absolute atomic E-state index is 9.35. The summed E-state index contributed by atoms with van der Waals surface area (Å²) in [7, 11) is -2.00. The van der Waals surface area contributed by atoms with E-state index in [-0.39, 0.29) is 0 Å². The van der Waals surface area contributed by atoms with E-state index < -0.39 is 10.5 Å². The van der Waals surface area contributed by atoms with Crippen molar-refractivity contribution < 1.29 is 4.55 Å². The zero-order valence-corrected chi connectivity index (χ0v) is 6.64. The molecule has 3 N–H and O–H groups in total. The lowest BCUT2D eigenvalue weighted by atomic mass is 10.4. The third-order valence-electron chi connectivity index (χ3n) is 1.22. The molecule has 0 bridgehead atoms. The minimum Gasteiger partial charge on any atom is -0.334 e. The highest BCUT2D eigenvalue weighted by Gasteiger charge is 2.07. The van der Waals surface area contributed by atoms with Crippen LogP contribution < -0.4 is 5.14 Å². The molecule has 1 aromatic carbocycles. The van der Waals surface area contributed by atoms with Gasteiger partial charge in [-0.25, -0.2) is 0 Å². The quantitative estimate of drug-likeness (QED) is 0.653. The first-order chi connectivity index (χ1) is 4.61. The second-order valence-corrected chi connectivity index (χ2v) is 4.60. The van der Waals surface area contributed by atoms with Gasteiger partial charge in [0.25, 0.3) is 0 Å². The van der Waals surface area contributed by atoms with Gasteiger partial charge in [0.2, 0.25) is 0 Å². The molecule has 0 spiro atoms. The molecule has 0 fully saturated rings. The van der Waals surface area contributed by atoms with Crippen LogP contribution in [0.3, 0.4) is 0 Å². The topological polar surface area (TPSA) is 46.2 Å². The zero-order chi connectivity index (χ0) is 7.61. The van der Waals surface area contributed by atoms with Crippen molar-refractivity contribution in [2.45, 2.75) is 4.90 Å². The summed E-state index contributed by atoms with van der Waals surface area (Å²) in [6, 6.07) is 9.28. The van der Waals surface area contributed by atoms with Gasteiger partial charge >= 0.3 is 0 Å². The molecule has 1 aromatic rings. The summed E-state index contributed by atoms with van der Waals surface area (Å²) in [6.45, 7) is 0. The van der Waals surface area contributed by atoms with E-state index in [0.29, 0.717) is 0 Å². The van der Waals surface area contributed by atoms with Gasteiger partial charge in [-0.3, -0.25) is 5.14 Å². The summed E-state index contributed by atoms with van der Waals surface area (Å²) >= 11 is 0. The van der Waals surface area contributed by atoms with Gasteiger partial charge in [-0.05, 0) is 12.1 Å². The molecule has 0 aromatic heterocycles. The van der Waals surface area contributed by atoms with Gasteiger partial charge in [-0.15, -0.1) is 0 Å². The minimum absolute atomic E-state index is 0.815. The van der Waals surface area contributed by atoms with Crippen LogP contribution >= 0.6 is 10.5 Å². The zero-order valence-electron chi connectivity index (χ0n) is 5.82. The van der Waals surface area contributed by atoms with Crippen LogP contribution in [0.25, 0.3) is 0 Å². The van der Waals surface area contributed by atoms with E-state index in [1.165, 1.54) is 0 Å². The summed E-state index contributed by atoms with van der Waals surface area (Å²) in [5.74, 6) is 0. The van der Waals surface area contributed by atoms with Crippen LogP contribution in [-0.2, 0) is 0 Å². The molecule has 10 heavy (non-hydrogen) atoms. The van der Waals surface area contributed by atoms with E-state index in [4.69, 9.17) is 5.14 Å². The second kappa shape index (κ2) is 2.62.